The van der Waals surface area contributed by atoms with Gasteiger partial charge in [0.15, 0.2) is 0 Å². The first-order valence-corrected chi connectivity index (χ1v) is 7.31. The number of para-hydroxylation sites is 1. The summed E-state index contributed by atoms with van der Waals surface area (Å²) >= 11 is 0. The second-order valence-electron chi connectivity index (χ2n) is 4.29. The molecule has 6 heteroatoms. The summed E-state index contributed by atoms with van der Waals surface area (Å²) in [6, 6.07) is 10.0. The Morgan fingerprint density at radius 3 is 2.28 bits per heavy atom. The van der Waals surface area contributed by atoms with Gasteiger partial charge in [-0.25, -0.2) is 4.72 Å². The molecule has 0 aliphatic carbocycles. The maximum atomic E-state index is 11.4. The molecule has 1 N–H and O–H groups in total. The van der Waals surface area contributed by atoms with E-state index in [0.29, 0.717) is 6.54 Å². The van der Waals surface area contributed by atoms with Crippen molar-refractivity contribution in [2.75, 3.05) is 39.1 Å². The molecular weight excluding hydrogens is 250 g/mol. The first kappa shape index (κ1) is 14.9. The predicted octanol–water partition coefficient (Wildman–Crippen LogP) is 0.909. The Labute approximate surface area is 110 Å². The monoisotopic (exact) mass is 271 g/mol. The molecule has 0 fully saturated rings. The van der Waals surface area contributed by atoms with Crippen molar-refractivity contribution < 1.29 is 8.42 Å². The van der Waals surface area contributed by atoms with Gasteiger partial charge in [-0.1, -0.05) is 18.2 Å². The summed E-state index contributed by atoms with van der Waals surface area (Å²) < 4.78 is 26.6. The molecule has 0 radical (unpaired) electrons. The first-order valence-electron chi connectivity index (χ1n) is 5.87. The number of hydrogen-bond acceptors (Lipinski definition) is 3. The van der Waals surface area contributed by atoms with Crippen molar-refractivity contribution in [3.8, 4) is 0 Å². The van der Waals surface area contributed by atoms with Crippen molar-refractivity contribution in [1.82, 2.24) is 9.03 Å². The minimum absolute atomic E-state index is 0.442. The maximum Gasteiger partial charge on any atom is 0.278 e. The zero-order valence-corrected chi connectivity index (χ0v) is 11.9. The van der Waals surface area contributed by atoms with Gasteiger partial charge in [-0.2, -0.15) is 12.7 Å². The van der Waals surface area contributed by atoms with Crippen LogP contribution < -0.4 is 9.62 Å². The second kappa shape index (κ2) is 6.72. The summed E-state index contributed by atoms with van der Waals surface area (Å²) in [5.41, 5.74) is 1.13. The molecule has 0 unspecified atom stereocenters. The highest BCUT2D eigenvalue weighted by Gasteiger charge is 2.11. The van der Waals surface area contributed by atoms with Gasteiger partial charge in [0.25, 0.3) is 10.2 Å². The average molecular weight is 271 g/mol. The molecule has 5 nitrogen and oxygen atoms in total. The van der Waals surface area contributed by atoms with Crippen LogP contribution in [0, 0.1) is 0 Å². The van der Waals surface area contributed by atoms with Gasteiger partial charge in [0, 0.05) is 39.9 Å². The molecule has 102 valence electrons. The Balaban J connectivity index is 2.31. The number of nitrogens with one attached hydrogen (secondary N) is 1. The molecule has 1 aromatic carbocycles. The Morgan fingerprint density at radius 2 is 1.72 bits per heavy atom. The van der Waals surface area contributed by atoms with E-state index in [-0.39, 0.29) is 0 Å². The van der Waals surface area contributed by atoms with Crippen LogP contribution in [-0.4, -0.2) is 47.0 Å². The SMILES string of the molecule is CN(CCCNS(=O)(=O)N(C)C)c1ccccc1. The van der Waals surface area contributed by atoms with Gasteiger partial charge >= 0.3 is 0 Å². The molecule has 0 bridgehead atoms. The van der Waals surface area contributed by atoms with Crippen LogP contribution in [0.5, 0.6) is 0 Å². The predicted molar refractivity (Wildman–Crippen MR) is 74.9 cm³/mol. The molecule has 0 aliphatic heterocycles. The van der Waals surface area contributed by atoms with Crippen LogP contribution in [0.4, 0.5) is 5.69 Å². The maximum absolute atomic E-state index is 11.4. The van der Waals surface area contributed by atoms with Crippen LogP contribution in [0.2, 0.25) is 0 Å². The number of rotatable bonds is 7. The highest BCUT2D eigenvalue weighted by atomic mass is 32.2. The van der Waals surface area contributed by atoms with Gasteiger partial charge in [0.05, 0.1) is 0 Å². The summed E-state index contributed by atoms with van der Waals surface area (Å²) in [6.07, 6.45) is 0.762. The summed E-state index contributed by atoms with van der Waals surface area (Å²) in [7, 11) is 1.72. The van der Waals surface area contributed by atoms with E-state index in [9.17, 15) is 8.42 Å². The topological polar surface area (TPSA) is 52.7 Å². The third-order valence-corrected chi connectivity index (χ3v) is 4.16. The van der Waals surface area contributed by atoms with Crippen molar-refractivity contribution in [1.29, 1.82) is 0 Å². The van der Waals surface area contributed by atoms with Gasteiger partial charge in [-0.15, -0.1) is 0 Å². The lowest BCUT2D eigenvalue weighted by Gasteiger charge is -2.19. The van der Waals surface area contributed by atoms with E-state index < -0.39 is 10.2 Å². The number of nitrogens with zero attached hydrogens (tertiary/aromatic N) is 2. The highest BCUT2D eigenvalue weighted by Crippen LogP contribution is 2.10. The van der Waals surface area contributed by atoms with E-state index >= 15 is 0 Å². The molecular formula is C12H21N3O2S. The van der Waals surface area contributed by atoms with Crippen molar-refractivity contribution >= 4 is 15.9 Å². The van der Waals surface area contributed by atoms with Gasteiger partial charge in [0.1, 0.15) is 0 Å². The van der Waals surface area contributed by atoms with Gasteiger partial charge in [0.2, 0.25) is 0 Å². The fourth-order valence-electron chi connectivity index (χ4n) is 1.46. The highest BCUT2D eigenvalue weighted by molar-refractivity contribution is 7.87. The van der Waals surface area contributed by atoms with Crippen LogP contribution in [-0.2, 0) is 10.2 Å². The lowest BCUT2D eigenvalue weighted by atomic mass is 10.3. The molecule has 0 saturated carbocycles. The average Bonchev–Trinajstić information content (AvgIpc) is 2.35. The lowest BCUT2D eigenvalue weighted by molar-refractivity contribution is 0.504. The van der Waals surface area contributed by atoms with Gasteiger partial charge in [-0.3, -0.25) is 0 Å². The van der Waals surface area contributed by atoms with E-state index in [1.165, 1.54) is 18.4 Å². The fourth-order valence-corrected chi connectivity index (χ4v) is 2.12. The smallest absolute Gasteiger partial charge is 0.278 e. The molecule has 0 spiro atoms. The zero-order valence-electron chi connectivity index (χ0n) is 11.1. The Morgan fingerprint density at radius 1 is 1.11 bits per heavy atom. The zero-order chi connectivity index (χ0) is 13.6. The van der Waals surface area contributed by atoms with E-state index in [2.05, 4.69) is 9.62 Å². The normalized spacial score (nSPS) is 11.8. The number of anilines is 1. The molecule has 0 atom stereocenters. The Bertz CT molecular complexity index is 446. The third-order valence-electron chi connectivity index (χ3n) is 2.63. The molecule has 1 aromatic rings. The molecule has 0 amide bonds. The molecule has 0 heterocycles. The molecule has 18 heavy (non-hydrogen) atoms. The number of hydrogen-bond donors (Lipinski definition) is 1. The second-order valence-corrected chi connectivity index (χ2v) is 6.26. The summed E-state index contributed by atoms with van der Waals surface area (Å²) in [6.45, 7) is 1.25. The van der Waals surface area contributed by atoms with Crippen LogP contribution in [0.1, 0.15) is 6.42 Å². The van der Waals surface area contributed by atoms with Crippen LogP contribution >= 0.6 is 0 Å². The van der Waals surface area contributed by atoms with Crippen molar-refractivity contribution in [3.63, 3.8) is 0 Å². The molecule has 0 aromatic heterocycles. The molecule has 1 rings (SSSR count). The van der Waals surface area contributed by atoms with Gasteiger partial charge < -0.3 is 4.90 Å². The van der Waals surface area contributed by atoms with Crippen LogP contribution in [0.3, 0.4) is 0 Å². The largest absolute Gasteiger partial charge is 0.375 e. The quantitative estimate of drug-likeness (QED) is 0.750. The number of benzene rings is 1. The van der Waals surface area contributed by atoms with Crippen LogP contribution in [0.25, 0.3) is 0 Å². The minimum Gasteiger partial charge on any atom is -0.375 e. The summed E-state index contributed by atoms with van der Waals surface area (Å²) in [4.78, 5) is 2.10. The molecule has 0 aliphatic rings. The molecule has 0 saturated heterocycles. The van der Waals surface area contributed by atoms with Crippen molar-refractivity contribution in [2.24, 2.45) is 0 Å². The van der Waals surface area contributed by atoms with E-state index in [0.717, 1.165) is 18.7 Å². The first-order chi connectivity index (χ1) is 8.43. The Hall–Kier alpha value is -1.11. The lowest BCUT2D eigenvalue weighted by Crippen LogP contribution is -2.37. The van der Waals surface area contributed by atoms with E-state index in [1.54, 1.807) is 0 Å². The fraction of sp³-hybridized carbons (Fsp3) is 0.500. The van der Waals surface area contributed by atoms with Gasteiger partial charge in [-0.05, 0) is 18.6 Å². The van der Waals surface area contributed by atoms with Crippen LogP contribution in [0.15, 0.2) is 30.3 Å². The Kier molecular flexibility index (Phi) is 5.58. The summed E-state index contributed by atoms with van der Waals surface area (Å²) in [5.74, 6) is 0. The van der Waals surface area contributed by atoms with E-state index in [4.69, 9.17) is 0 Å². The van der Waals surface area contributed by atoms with E-state index in [1.807, 2.05) is 37.4 Å². The standard InChI is InChI=1S/C12H21N3O2S/c1-14(2)18(16,17)13-10-7-11-15(3)12-8-5-4-6-9-12/h4-6,8-9,13H,7,10-11H2,1-3H3. The summed E-state index contributed by atoms with van der Waals surface area (Å²) in [5, 5.41) is 0. The van der Waals surface area contributed by atoms with Crippen molar-refractivity contribution in [2.45, 2.75) is 6.42 Å². The third kappa shape index (κ3) is 4.64. The van der Waals surface area contributed by atoms with Crippen molar-refractivity contribution in [3.05, 3.63) is 30.3 Å². The minimum atomic E-state index is -3.30.